The maximum absolute atomic E-state index is 11.7. The lowest BCUT2D eigenvalue weighted by atomic mass is 10.0. The van der Waals surface area contributed by atoms with Gasteiger partial charge in [0.1, 0.15) is 12.6 Å². The van der Waals surface area contributed by atoms with Gasteiger partial charge in [0.2, 0.25) is 0 Å². The van der Waals surface area contributed by atoms with Gasteiger partial charge in [-0.15, -0.1) is 6.58 Å². The van der Waals surface area contributed by atoms with E-state index in [2.05, 4.69) is 20.4 Å². The molecule has 22 heavy (non-hydrogen) atoms. The molecular weight excluding hydrogens is 278 g/mol. The van der Waals surface area contributed by atoms with E-state index in [1.165, 1.54) is 0 Å². The van der Waals surface area contributed by atoms with Crippen molar-refractivity contribution < 1.29 is 19.5 Å². The van der Waals surface area contributed by atoms with E-state index in [0.717, 1.165) is 51.6 Å². The molecule has 0 radical (unpaired) electrons. The van der Waals surface area contributed by atoms with Crippen molar-refractivity contribution in [2.24, 2.45) is 0 Å². The van der Waals surface area contributed by atoms with Crippen LogP contribution in [-0.2, 0) is 4.79 Å². The Morgan fingerprint density at radius 2 is 1.77 bits per heavy atom. The van der Waals surface area contributed by atoms with Crippen LogP contribution in [0.15, 0.2) is 12.7 Å². The van der Waals surface area contributed by atoms with Gasteiger partial charge in [0.05, 0.1) is 13.1 Å². The van der Waals surface area contributed by atoms with E-state index in [0.29, 0.717) is 17.4 Å². The molecule has 0 aromatic rings. The third kappa shape index (κ3) is 6.93. The molecule has 0 aliphatic rings. The molecule has 4 heteroatoms. The van der Waals surface area contributed by atoms with Gasteiger partial charge in [-0.05, 0) is 32.1 Å². The van der Waals surface area contributed by atoms with E-state index in [-0.39, 0.29) is 0 Å². The number of quaternary nitrogens is 1. The Labute approximate surface area is 136 Å². The van der Waals surface area contributed by atoms with E-state index in [4.69, 9.17) is 0 Å². The number of unbranched alkanes of at least 4 members (excludes halogenated alkanes) is 2. The van der Waals surface area contributed by atoms with Gasteiger partial charge in [-0.3, -0.25) is 0 Å². The molecule has 0 spiro atoms. The highest BCUT2D eigenvalue weighted by Crippen LogP contribution is 2.22. The zero-order chi connectivity index (χ0) is 17.0. The fraction of sp³-hybridized carbons (Fsp3) is 0.833. The van der Waals surface area contributed by atoms with Gasteiger partial charge >= 0.3 is 5.97 Å². The molecule has 2 atom stereocenters. The number of allylic oxidation sites excluding steroid dienone is 1. The second kappa shape index (κ2) is 11.7. The first-order chi connectivity index (χ1) is 10.5. The van der Waals surface area contributed by atoms with E-state index >= 15 is 0 Å². The number of carboxylic acids is 1. The summed E-state index contributed by atoms with van der Waals surface area (Å²) < 4.78 is 0.515. The molecule has 0 aliphatic carbocycles. The molecule has 0 bridgehead atoms. The minimum atomic E-state index is -0.733. The van der Waals surface area contributed by atoms with Crippen LogP contribution in [0.25, 0.3) is 0 Å². The van der Waals surface area contributed by atoms with Gasteiger partial charge in [0.25, 0.3) is 0 Å². The molecule has 2 N–H and O–H groups in total. The SMILES string of the molecule is C=CCCCCC(O)C[N+](CCC)(CCC)C(CC)C(=O)O. The summed E-state index contributed by atoms with van der Waals surface area (Å²) in [5.74, 6) is -0.733. The number of carboxylic acid groups (broad SMARTS) is 1. The second-order valence-corrected chi connectivity index (χ2v) is 6.34. The van der Waals surface area contributed by atoms with Crippen LogP contribution in [0.3, 0.4) is 0 Å². The topological polar surface area (TPSA) is 57.5 Å². The van der Waals surface area contributed by atoms with Crippen LogP contribution in [0.4, 0.5) is 0 Å². The van der Waals surface area contributed by atoms with Crippen molar-refractivity contribution >= 4 is 5.97 Å². The second-order valence-electron chi connectivity index (χ2n) is 6.34. The van der Waals surface area contributed by atoms with Gasteiger partial charge in [-0.25, -0.2) is 4.79 Å². The quantitative estimate of drug-likeness (QED) is 0.293. The maximum Gasteiger partial charge on any atom is 0.362 e. The van der Waals surface area contributed by atoms with Gasteiger partial charge in [0.15, 0.2) is 6.04 Å². The number of carbonyl (C=O) groups is 1. The molecule has 0 aromatic heterocycles. The lowest BCUT2D eigenvalue weighted by molar-refractivity contribution is -0.946. The van der Waals surface area contributed by atoms with Crippen molar-refractivity contribution in [3.05, 3.63) is 12.7 Å². The summed E-state index contributed by atoms with van der Waals surface area (Å²) in [5.41, 5.74) is 0. The number of rotatable bonds is 14. The molecular formula is C18H36NO3+. The molecule has 0 heterocycles. The predicted molar refractivity (Wildman–Crippen MR) is 91.8 cm³/mol. The summed E-state index contributed by atoms with van der Waals surface area (Å²) in [4.78, 5) is 11.7. The van der Waals surface area contributed by atoms with Crippen molar-refractivity contribution in [1.29, 1.82) is 0 Å². The lowest BCUT2D eigenvalue weighted by Crippen LogP contribution is -2.62. The molecule has 0 amide bonds. The van der Waals surface area contributed by atoms with Gasteiger partial charge < -0.3 is 14.7 Å². The summed E-state index contributed by atoms with van der Waals surface area (Å²) in [5, 5.41) is 20.0. The number of nitrogens with zero attached hydrogens (tertiary/aromatic N) is 1. The third-order valence-corrected chi connectivity index (χ3v) is 4.44. The molecule has 0 rings (SSSR count). The highest BCUT2D eigenvalue weighted by Gasteiger charge is 2.40. The molecule has 0 fully saturated rings. The average molecular weight is 314 g/mol. The predicted octanol–water partition coefficient (Wildman–Crippen LogP) is 3.59. The van der Waals surface area contributed by atoms with Crippen molar-refractivity contribution in [2.75, 3.05) is 19.6 Å². The fourth-order valence-corrected chi connectivity index (χ4v) is 3.60. The van der Waals surface area contributed by atoms with Gasteiger partial charge in [-0.1, -0.05) is 33.3 Å². The summed E-state index contributed by atoms with van der Waals surface area (Å²) in [6.07, 6.45) is 7.70. The van der Waals surface area contributed by atoms with E-state index in [1.807, 2.05) is 13.0 Å². The summed E-state index contributed by atoms with van der Waals surface area (Å²) >= 11 is 0. The minimum absolute atomic E-state index is 0.414. The van der Waals surface area contributed by atoms with Crippen LogP contribution >= 0.6 is 0 Å². The zero-order valence-corrected chi connectivity index (χ0v) is 14.8. The Balaban J connectivity index is 4.95. The number of hydrogen-bond acceptors (Lipinski definition) is 2. The smallest absolute Gasteiger partial charge is 0.362 e. The van der Waals surface area contributed by atoms with Crippen LogP contribution in [0.2, 0.25) is 0 Å². The first-order valence-electron chi connectivity index (χ1n) is 8.84. The standard InChI is InChI=1S/C18H35NO3/c1-5-9-10-11-12-16(20)15-19(13-6-2,14-7-3)17(8-4)18(21)22/h5,16-17,20H,1,6-15H2,2-4H3/p+1. The summed E-state index contributed by atoms with van der Waals surface area (Å²) in [6, 6.07) is -0.414. The van der Waals surface area contributed by atoms with Gasteiger partial charge in [-0.2, -0.15) is 0 Å². The number of aliphatic hydroxyl groups is 1. The fourth-order valence-electron chi connectivity index (χ4n) is 3.60. The van der Waals surface area contributed by atoms with E-state index < -0.39 is 18.1 Å². The first kappa shape index (κ1) is 21.1. The molecule has 130 valence electrons. The van der Waals surface area contributed by atoms with E-state index in [9.17, 15) is 15.0 Å². The molecule has 0 saturated carbocycles. The molecule has 0 aliphatic heterocycles. The lowest BCUT2D eigenvalue weighted by Gasteiger charge is -2.44. The maximum atomic E-state index is 11.7. The largest absolute Gasteiger partial charge is 0.477 e. The van der Waals surface area contributed by atoms with Crippen molar-refractivity contribution in [1.82, 2.24) is 0 Å². The Bertz CT molecular complexity index is 311. The van der Waals surface area contributed by atoms with Crippen LogP contribution < -0.4 is 0 Å². The Morgan fingerprint density at radius 1 is 1.18 bits per heavy atom. The normalized spacial score (nSPS) is 14.5. The van der Waals surface area contributed by atoms with Crippen LogP contribution in [0, 0.1) is 0 Å². The van der Waals surface area contributed by atoms with Crippen molar-refractivity contribution in [2.45, 2.75) is 77.9 Å². The molecule has 2 unspecified atom stereocenters. The van der Waals surface area contributed by atoms with Crippen LogP contribution in [0.1, 0.15) is 65.7 Å². The zero-order valence-electron chi connectivity index (χ0n) is 14.8. The number of aliphatic carboxylic acids is 1. The Hall–Kier alpha value is -0.870. The average Bonchev–Trinajstić information content (AvgIpc) is 2.44. The van der Waals surface area contributed by atoms with E-state index in [1.54, 1.807) is 0 Å². The number of hydrogen-bond donors (Lipinski definition) is 2. The first-order valence-corrected chi connectivity index (χ1v) is 8.84. The molecule has 0 saturated heterocycles. The van der Waals surface area contributed by atoms with Gasteiger partial charge in [0, 0.05) is 6.42 Å². The molecule has 0 aromatic carbocycles. The number of aliphatic hydroxyl groups excluding tert-OH is 1. The summed E-state index contributed by atoms with van der Waals surface area (Å²) in [7, 11) is 0. The van der Waals surface area contributed by atoms with Crippen LogP contribution in [0.5, 0.6) is 0 Å². The highest BCUT2D eigenvalue weighted by molar-refractivity contribution is 5.72. The monoisotopic (exact) mass is 314 g/mol. The minimum Gasteiger partial charge on any atom is -0.477 e. The highest BCUT2D eigenvalue weighted by atomic mass is 16.4. The van der Waals surface area contributed by atoms with Crippen molar-refractivity contribution in [3.8, 4) is 0 Å². The Kier molecular flexibility index (Phi) is 11.2. The summed E-state index contributed by atoms with van der Waals surface area (Å²) in [6.45, 7) is 12.0. The molecule has 4 nitrogen and oxygen atoms in total. The third-order valence-electron chi connectivity index (χ3n) is 4.44. The Morgan fingerprint density at radius 3 is 2.18 bits per heavy atom. The van der Waals surface area contributed by atoms with Crippen molar-refractivity contribution in [3.63, 3.8) is 0 Å². The van der Waals surface area contributed by atoms with Crippen LogP contribution in [-0.4, -0.2) is 52.4 Å².